The molecule has 0 radical (unpaired) electrons. The number of nitrogens with zero attached hydrogens (tertiary/aromatic N) is 5. The highest BCUT2D eigenvalue weighted by molar-refractivity contribution is 6.12. The fraction of sp³-hybridized carbons (Fsp3) is 0.265. The molecule has 4 amide bonds. The van der Waals surface area contributed by atoms with Crippen LogP contribution < -0.4 is 21.3 Å². The van der Waals surface area contributed by atoms with E-state index in [1.807, 2.05) is 30.3 Å². The molecule has 5 aromatic rings. The summed E-state index contributed by atoms with van der Waals surface area (Å²) >= 11 is 0. The lowest BCUT2D eigenvalue weighted by Gasteiger charge is -2.26. The first kappa shape index (κ1) is 32.2. The van der Waals surface area contributed by atoms with Gasteiger partial charge >= 0.3 is 0 Å². The Morgan fingerprint density at radius 3 is 1.81 bits per heavy atom. The van der Waals surface area contributed by atoms with E-state index in [0.29, 0.717) is 53.9 Å². The van der Waals surface area contributed by atoms with Gasteiger partial charge in [0, 0.05) is 77.5 Å². The maximum atomic E-state index is 13.2. The van der Waals surface area contributed by atoms with Crippen LogP contribution in [0.5, 0.6) is 0 Å². The minimum absolute atomic E-state index is 0.233. The minimum atomic E-state index is -0.425. The number of aryl methyl sites for hydroxylation is 3. The lowest BCUT2D eigenvalue weighted by atomic mass is 10.1. The van der Waals surface area contributed by atoms with Crippen molar-refractivity contribution in [2.75, 3.05) is 55.3 Å². The number of rotatable bonds is 10. The molecule has 1 fully saturated rings. The number of hydrogen-bond donors (Lipinski definition) is 4. The molecule has 0 atom stereocenters. The van der Waals surface area contributed by atoms with Crippen LogP contribution in [-0.2, 0) is 25.9 Å². The van der Waals surface area contributed by atoms with Gasteiger partial charge in [0.25, 0.3) is 23.6 Å². The summed E-state index contributed by atoms with van der Waals surface area (Å²) in [5, 5.41) is 13.0. The molecule has 0 saturated carbocycles. The molecule has 0 aliphatic carbocycles. The van der Waals surface area contributed by atoms with Gasteiger partial charge in [0.05, 0.1) is 30.3 Å². The summed E-state index contributed by atoms with van der Waals surface area (Å²) in [4.78, 5) is 58.7. The molecule has 1 aromatic carbocycles. The Morgan fingerprint density at radius 2 is 1.23 bits per heavy atom. The van der Waals surface area contributed by atoms with Crippen LogP contribution in [0.4, 0.5) is 17.1 Å². The number of nitrogens with one attached hydrogen (secondary N) is 4. The van der Waals surface area contributed by atoms with E-state index < -0.39 is 17.7 Å². The van der Waals surface area contributed by atoms with Gasteiger partial charge in [-0.3, -0.25) is 29.1 Å². The molecule has 14 nitrogen and oxygen atoms in total. The standard InChI is InChI=1S/C34H37N9O5/c1-40-19-23(16-27(40)31(44)36-10-11-43-12-14-48-15-13-43)37-32(45)28-17-24(20-41(28)2)38-33(46)29-18-25(21-42(29)3)39-34(47)30-26-7-5-4-6-22(26)8-9-35-30/h4-9,16-21H,10-15H2,1-3H3,(H,36,44)(H,37,45)(H,38,46)(H,39,47). The first-order valence-electron chi connectivity index (χ1n) is 15.5. The molecule has 1 aliphatic rings. The summed E-state index contributed by atoms with van der Waals surface area (Å²) in [5.41, 5.74) is 2.60. The summed E-state index contributed by atoms with van der Waals surface area (Å²) in [7, 11) is 5.13. The Bertz CT molecular complexity index is 2000. The van der Waals surface area contributed by atoms with E-state index in [1.165, 1.54) is 0 Å². The van der Waals surface area contributed by atoms with Gasteiger partial charge in [0.15, 0.2) is 0 Å². The van der Waals surface area contributed by atoms with Crippen molar-refractivity contribution in [3.63, 3.8) is 0 Å². The van der Waals surface area contributed by atoms with Crippen molar-refractivity contribution in [2.24, 2.45) is 21.1 Å². The highest BCUT2D eigenvalue weighted by Gasteiger charge is 2.20. The van der Waals surface area contributed by atoms with E-state index in [9.17, 15) is 19.2 Å². The van der Waals surface area contributed by atoms with Crippen LogP contribution >= 0.6 is 0 Å². The molecule has 14 heteroatoms. The SMILES string of the molecule is Cn1cc(NC(=O)c2cc(NC(=O)c3cc(NC(=O)c4nccc5ccccc45)cn3C)cn2C)cc1C(=O)NCCN1CCOCC1. The molecule has 248 valence electrons. The number of carbonyl (C=O) groups is 4. The Labute approximate surface area is 276 Å². The second-order valence-corrected chi connectivity index (χ2v) is 11.6. The quantitative estimate of drug-likeness (QED) is 0.181. The van der Waals surface area contributed by atoms with Gasteiger partial charge in [0.2, 0.25) is 0 Å². The monoisotopic (exact) mass is 651 g/mol. The van der Waals surface area contributed by atoms with Gasteiger partial charge in [-0.1, -0.05) is 24.3 Å². The van der Waals surface area contributed by atoms with E-state index in [4.69, 9.17) is 4.74 Å². The third-order valence-electron chi connectivity index (χ3n) is 8.19. The average Bonchev–Trinajstić information content (AvgIpc) is 3.76. The second kappa shape index (κ2) is 13.9. The molecule has 4 aromatic heterocycles. The van der Waals surface area contributed by atoms with E-state index in [1.54, 1.807) is 77.8 Å². The lowest BCUT2D eigenvalue weighted by Crippen LogP contribution is -2.41. The van der Waals surface area contributed by atoms with E-state index in [-0.39, 0.29) is 11.6 Å². The van der Waals surface area contributed by atoms with Gasteiger partial charge in [-0.25, -0.2) is 0 Å². The number of aromatic nitrogens is 4. The third-order valence-corrected chi connectivity index (χ3v) is 8.19. The van der Waals surface area contributed by atoms with Crippen molar-refractivity contribution in [2.45, 2.75) is 0 Å². The molecule has 0 spiro atoms. The van der Waals surface area contributed by atoms with Crippen LogP contribution in [-0.4, -0.2) is 86.6 Å². The molecule has 6 rings (SSSR count). The van der Waals surface area contributed by atoms with Crippen LogP contribution in [0.2, 0.25) is 0 Å². The van der Waals surface area contributed by atoms with Crippen LogP contribution in [0.15, 0.2) is 73.3 Å². The minimum Gasteiger partial charge on any atom is -0.379 e. The number of pyridine rings is 1. The number of ether oxygens (including phenoxy) is 1. The zero-order chi connectivity index (χ0) is 33.8. The predicted molar refractivity (Wildman–Crippen MR) is 181 cm³/mol. The normalized spacial score (nSPS) is 13.3. The van der Waals surface area contributed by atoms with Crippen LogP contribution in [0.3, 0.4) is 0 Å². The van der Waals surface area contributed by atoms with Gasteiger partial charge in [0.1, 0.15) is 22.8 Å². The smallest absolute Gasteiger partial charge is 0.274 e. The number of carbonyl (C=O) groups excluding carboxylic acids is 4. The van der Waals surface area contributed by atoms with E-state index in [0.717, 1.165) is 30.4 Å². The number of morpholine rings is 1. The summed E-state index contributed by atoms with van der Waals surface area (Å²) in [5.74, 6) is -1.46. The van der Waals surface area contributed by atoms with Crippen molar-refractivity contribution in [3.05, 3.63) is 96.1 Å². The largest absolute Gasteiger partial charge is 0.379 e. The number of benzene rings is 1. The molecular formula is C34H37N9O5. The summed E-state index contributed by atoms with van der Waals surface area (Å²) < 4.78 is 10.2. The Morgan fingerprint density at radius 1 is 0.708 bits per heavy atom. The molecule has 1 saturated heterocycles. The fourth-order valence-corrected chi connectivity index (χ4v) is 5.70. The highest BCUT2D eigenvalue weighted by Crippen LogP contribution is 2.21. The number of amides is 4. The van der Waals surface area contributed by atoms with Crippen molar-refractivity contribution < 1.29 is 23.9 Å². The molecule has 1 aliphatic heterocycles. The molecule has 0 bridgehead atoms. The van der Waals surface area contributed by atoms with Gasteiger partial charge in [-0.15, -0.1) is 0 Å². The van der Waals surface area contributed by atoms with Crippen LogP contribution in [0.1, 0.15) is 42.0 Å². The van der Waals surface area contributed by atoms with Gasteiger partial charge in [-0.2, -0.15) is 0 Å². The zero-order valence-corrected chi connectivity index (χ0v) is 26.9. The van der Waals surface area contributed by atoms with Crippen molar-refractivity contribution in [1.29, 1.82) is 0 Å². The Hall–Kier alpha value is -5.73. The van der Waals surface area contributed by atoms with Crippen molar-refractivity contribution >= 4 is 51.5 Å². The molecule has 0 unspecified atom stereocenters. The predicted octanol–water partition coefficient (Wildman–Crippen LogP) is 3.07. The first-order chi connectivity index (χ1) is 23.2. The van der Waals surface area contributed by atoms with Crippen LogP contribution in [0, 0.1) is 0 Å². The molecule has 5 heterocycles. The summed E-state index contributed by atoms with van der Waals surface area (Å²) in [6, 6.07) is 14.1. The maximum Gasteiger partial charge on any atom is 0.274 e. The van der Waals surface area contributed by atoms with Crippen molar-refractivity contribution in [3.8, 4) is 0 Å². The van der Waals surface area contributed by atoms with E-state index in [2.05, 4.69) is 31.2 Å². The maximum absolute atomic E-state index is 13.2. The topological polar surface area (TPSA) is 157 Å². The number of hydrogen-bond acceptors (Lipinski definition) is 7. The summed E-state index contributed by atoms with van der Waals surface area (Å²) in [6.07, 6.45) is 6.52. The lowest BCUT2D eigenvalue weighted by molar-refractivity contribution is 0.0383. The van der Waals surface area contributed by atoms with Crippen LogP contribution in [0.25, 0.3) is 10.8 Å². The summed E-state index contributed by atoms with van der Waals surface area (Å²) in [6.45, 7) is 4.33. The van der Waals surface area contributed by atoms with Gasteiger partial charge < -0.3 is 39.7 Å². The molecule has 48 heavy (non-hydrogen) atoms. The van der Waals surface area contributed by atoms with Crippen molar-refractivity contribution in [1.82, 2.24) is 28.9 Å². The zero-order valence-electron chi connectivity index (χ0n) is 26.9. The Kier molecular flexibility index (Phi) is 9.36. The number of anilines is 3. The third kappa shape index (κ3) is 7.14. The van der Waals surface area contributed by atoms with E-state index >= 15 is 0 Å². The molecular weight excluding hydrogens is 614 g/mol. The second-order valence-electron chi connectivity index (χ2n) is 11.6. The fourth-order valence-electron chi connectivity index (χ4n) is 5.70. The first-order valence-corrected chi connectivity index (χ1v) is 15.5. The Balaban J connectivity index is 1.06. The average molecular weight is 652 g/mol. The van der Waals surface area contributed by atoms with Gasteiger partial charge in [-0.05, 0) is 29.7 Å². The molecule has 4 N–H and O–H groups in total. The number of fused-ring (bicyclic) bond motifs is 1. The highest BCUT2D eigenvalue weighted by atomic mass is 16.5.